The fourth-order valence-electron chi connectivity index (χ4n) is 2.79. The van der Waals surface area contributed by atoms with Gasteiger partial charge in [0.25, 0.3) is 5.56 Å². The first-order valence-corrected chi connectivity index (χ1v) is 6.25. The number of aliphatic hydroxyl groups is 1. The molecule has 4 heterocycles. The van der Waals surface area contributed by atoms with E-state index >= 15 is 0 Å². The van der Waals surface area contributed by atoms with E-state index < -0.39 is 5.60 Å². The van der Waals surface area contributed by atoms with E-state index in [1.807, 2.05) is 0 Å². The Morgan fingerprint density at radius 2 is 2.50 bits per heavy atom. The van der Waals surface area contributed by atoms with Crippen molar-refractivity contribution in [3.05, 3.63) is 16.7 Å². The number of hydrogen-bond donors (Lipinski definition) is 3. The maximum absolute atomic E-state index is 11.7. The third-order valence-corrected chi connectivity index (χ3v) is 3.93. The average molecular weight is 279 g/mol. The second-order valence-electron chi connectivity index (χ2n) is 5.11. The molecule has 2 saturated heterocycles. The van der Waals surface area contributed by atoms with Crippen molar-refractivity contribution in [3.8, 4) is 0 Å². The maximum Gasteiger partial charge on any atom is 0.280 e. The molecule has 2 aliphatic rings. The number of fused-ring (bicyclic) bond motifs is 2. The highest BCUT2D eigenvalue weighted by atomic mass is 16.6. The van der Waals surface area contributed by atoms with Gasteiger partial charge in [-0.3, -0.25) is 14.3 Å². The van der Waals surface area contributed by atoms with Gasteiger partial charge in [-0.05, 0) is 0 Å². The number of H-pyrrole nitrogens is 1. The monoisotopic (exact) mass is 279 g/mol. The number of hydrogen-bond acceptors (Lipinski definition) is 7. The molecule has 2 fully saturated rings. The predicted octanol–water partition coefficient (Wildman–Crippen LogP) is -1.25. The minimum absolute atomic E-state index is 0.0262. The van der Waals surface area contributed by atoms with Gasteiger partial charge in [-0.25, -0.2) is 4.98 Å². The van der Waals surface area contributed by atoms with Crippen LogP contribution in [0.2, 0.25) is 0 Å². The number of nitrogens with two attached hydrogens (primary N) is 1. The van der Waals surface area contributed by atoms with Crippen LogP contribution in [0.25, 0.3) is 11.2 Å². The van der Waals surface area contributed by atoms with Crippen molar-refractivity contribution in [2.45, 2.75) is 24.4 Å². The quantitative estimate of drug-likeness (QED) is 0.626. The zero-order valence-corrected chi connectivity index (χ0v) is 10.4. The van der Waals surface area contributed by atoms with Crippen LogP contribution >= 0.6 is 0 Å². The molecule has 20 heavy (non-hydrogen) atoms. The Morgan fingerprint density at radius 3 is 3.15 bits per heavy atom. The first-order valence-electron chi connectivity index (χ1n) is 6.25. The van der Waals surface area contributed by atoms with E-state index in [1.165, 1.54) is 6.33 Å². The molecule has 9 nitrogen and oxygen atoms in total. The lowest BCUT2D eigenvalue weighted by Gasteiger charge is -2.41. The topological polar surface area (TPSA) is 128 Å². The number of nitrogens with one attached hydrogen (secondary N) is 1. The highest BCUT2D eigenvalue weighted by Crippen LogP contribution is 2.45. The van der Waals surface area contributed by atoms with Crippen molar-refractivity contribution in [2.24, 2.45) is 0 Å². The Bertz CT molecular complexity index is 736. The van der Waals surface area contributed by atoms with Crippen LogP contribution < -0.4 is 11.3 Å². The van der Waals surface area contributed by atoms with Crippen LogP contribution in [0.5, 0.6) is 0 Å². The summed E-state index contributed by atoms with van der Waals surface area (Å²) in [5.41, 5.74) is 5.10. The van der Waals surface area contributed by atoms with E-state index in [4.69, 9.17) is 15.2 Å². The smallest absolute Gasteiger partial charge is 0.280 e. The van der Waals surface area contributed by atoms with Gasteiger partial charge in [0.2, 0.25) is 5.95 Å². The zero-order valence-electron chi connectivity index (χ0n) is 10.4. The van der Waals surface area contributed by atoms with Crippen LogP contribution in [0.1, 0.15) is 12.6 Å². The number of nitrogen functional groups attached to an aromatic ring is 1. The lowest BCUT2D eigenvalue weighted by Crippen LogP contribution is -2.58. The molecule has 4 N–H and O–H groups in total. The standard InChI is InChI=1S/C11H13N5O4/c12-10-14-8-7(9(18)15-10)13-4-16(8)6-1-5-11(2-17,20-6)3-19-5/h4-6,17H,1-3H2,(H3,12,14,15,18)/t5?,6-,11+/m1/s1. The Morgan fingerprint density at radius 1 is 1.65 bits per heavy atom. The van der Waals surface area contributed by atoms with Gasteiger partial charge in [-0.15, -0.1) is 0 Å². The fraction of sp³-hybridized carbons (Fsp3) is 0.545. The molecule has 9 heteroatoms. The molecule has 0 saturated carbocycles. The molecule has 2 aliphatic heterocycles. The minimum atomic E-state index is -0.645. The molecule has 4 rings (SSSR count). The van der Waals surface area contributed by atoms with E-state index in [1.54, 1.807) is 4.57 Å². The highest BCUT2D eigenvalue weighted by molar-refractivity contribution is 5.70. The zero-order chi connectivity index (χ0) is 13.9. The number of aromatic amines is 1. The van der Waals surface area contributed by atoms with E-state index in [-0.39, 0.29) is 36.0 Å². The predicted molar refractivity (Wildman–Crippen MR) is 66.9 cm³/mol. The molecule has 0 aromatic carbocycles. The summed E-state index contributed by atoms with van der Waals surface area (Å²) in [4.78, 5) is 22.3. The SMILES string of the molecule is Nc1nc2c(ncn2[C@H]2CC3OC[C@]3(CO)O2)c(=O)[nH]1. The summed E-state index contributed by atoms with van der Waals surface area (Å²) >= 11 is 0. The second-order valence-corrected chi connectivity index (χ2v) is 5.11. The summed E-state index contributed by atoms with van der Waals surface area (Å²) in [6, 6.07) is 0. The Hall–Kier alpha value is -1.97. The van der Waals surface area contributed by atoms with Gasteiger partial charge in [-0.1, -0.05) is 0 Å². The number of anilines is 1. The number of nitrogens with zero attached hydrogens (tertiary/aromatic N) is 3. The van der Waals surface area contributed by atoms with E-state index in [0.29, 0.717) is 18.7 Å². The maximum atomic E-state index is 11.7. The van der Waals surface area contributed by atoms with Crippen molar-refractivity contribution < 1.29 is 14.6 Å². The number of aliphatic hydroxyl groups excluding tert-OH is 1. The van der Waals surface area contributed by atoms with Gasteiger partial charge in [0, 0.05) is 6.42 Å². The average Bonchev–Trinajstić information content (AvgIpc) is 2.91. The van der Waals surface area contributed by atoms with Crippen molar-refractivity contribution in [1.29, 1.82) is 0 Å². The summed E-state index contributed by atoms with van der Waals surface area (Å²) in [5, 5.41) is 9.44. The van der Waals surface area contributed by atoms with Gasteiger partial charge in [-0.2, -0.15) is 4.98 Å². The molecular formula is C11H13N5O4. The molecule has 0 amide bonds. The molecule has 0 radical (unpaired) electrons. The van der Waals surface area contributed by atoms with Gasteiger partial charge in [0.05, 0.1) is 25.6 Å². The van der Waals surface area contributed by atoms with Crippen molar-refractivity contribution in [3.63, 3.8) is 0 Å². The molecule has 3 atom stereocenters. The number of ether oxygens (including phenoxy) is 2. The van der Waals surface area contributed by atoms with Gasteiger partial charge >= 0.3 is 0 Å². The third-order valence-electron chi connectivity index (χ3n) is 3.93. The summed E-state index contributed by atoms with van der Waals surface area (Å²) in [5.74, 6) is 0.0262. The lowest BCUT2D eigenvalue weighted by atomic mass is 9.93. The molecule has 2 aromatic rings. The molecule has 0 aliphatic carbocycles. The van der Waals surface area contributed by atoms with Gasteiger partial charge in [0.1, 0.15) is 11.8 Å². The van der Waals surface area contributed by atoms with Crippen molar-refractivity contribution in [1.82, 2.24) is 19.5 Å². The summed E-state index contributed by atoms with van der Waals surface area (Å²) in [6.07, 6.45) is 1.54. The first-order chi connectivity index (χ1) is 9.63. The van der Waals surface area contributed by atoms with E-state index in [9.17, 15) is 9.90 Å². The Labute approximate surface area is 112 Å². The van der Waals surface area contributed by atoms with E-state index in [2.05, 4.69) is 15.0 Å². The van der Waals surface area contributed by atoms with Crippen LogP contribution in [0.3, 0.4) is 0 Å². The summed E-state index contributed by atoms with van der Waals surface area (Å²) < 4.78 is 12.9. The van der Waals surface area contributed by atoms with Crippen LogP contribution in [-0.4, -0.2) is 49.5 Å². The Balaban J connectivity index is 1.79. The molecule has 1 unspecified atom stereocenters. The minimum Gasteiger partial charge on any atom is -0.393 e. The highest BCUT2D eigenvalue weighted by Gasteiger charge is 2.57. The molecular weight excluding hydrogens is 266 g/mol. The van der Waals surface area contributed by atoms with Crippen molar-refractivity contribution >= 4 is 17.1 Å². The fourth-order valence-corrected chi connectivity index (χ4v) is 2.79. The van der Waals surface area contributed by atoms with E-state index in [0.717, 1.165) is 0 Å². The number of imidazole rings is 1. The molecule has 106 valence electrons. The van der Waals surface area contributed by atoms with Crippen LogP contribution in [0.4, 0.5) is 5.95 Å². The summed E-state index contributed by atoms with van der Waals surface area (Å²) in [6.45, 7) is 0.268. The normalized spacial score (nSPS) is 32.2. The van der Waals surface area contributed by atoms with Crippen molar-refractivity contribution in [2.75, 3.05) is 18.9 Å². The van der Waals surface area contributed by atoms with Gasteiger partial charge < -0.3 is 20.3 Å². The largest absolute Gasteiger partial charge is 0.393 e. The van der Waals surface area contributed by atoms with Crippen LogP contribution in [-0.2, 0) is 9.47 Å². The molecule has 0 bridgehead atoms. The Kier molecular flexibility index (Phi) is 2.23. The third kappa shape index (κ3) is 1.39. The molecule has 2 aromatic heterocycles. The van der Waals surface area contributed by atoms with Crippen LogP contribution in [0, 0.1) is 0 Å². The number of aromatic nitrogens is 4. The second kappa shape index (κ2) is 3.78. The lowest BCUT2D eigenvalue weighted by molar-refractivity contribution is -0.242. The number of rotatable bonds is 2. The molecule has 0 spiro atoms. The van der Waals surface area contributed by atoms with Crippen LogP contribution in [0.15, 0.2) is 11.1 Å². The first kappa shape index (κ1) is 11.8. The summed E-state index contributed by atoms with van der Waals surface area (Å²) in [7, 11) is 0. The van der Waals surface area contributed by atoms with Gasteiger partial charge in [0.15, 0.2) is 11.2 Å².